The summed E-state index contributed by atoms with van der Waals surface area (Å²) in [5, 5.41) is 0. The molecule has 0 heteroatoms. The lowest BCUT2D eigenvalue weighted by Crippen LogP contribution is -2.10. The first-order valence-electron chi connectivity index (χ1n) is 10.6. The second kappa shape index (κ2) is 8.21. The molecule has 0 unspecified atom stereocenters. The third-order valence-corrected chi connectivity index (χ3v) is 6.58. The van der Waals surface area contributed by atoms with Crippen LogP contribution >= 0.6 is 0 Å². The summed E-state index contributed by atoms with van der Waals surface area (Å²) in [5.41, 5.74) is 6.44. The largest absolute Gasteiger partial charge is 0.0620 e. The monoisotopic (exact) mass is 332 g/mol. The Morgan fingerprint density at radius 2 is 0.920 bits per heavy atom. The van der Waals surface area contributed by atoms with Gasteiger partial charge in [-0.3, -0.25) is 0 Å². The second-order valence-corrected chi connectivity index (χ2v) is 8.24. The van der Waals surface area contributed by atoms with E-state index in [9.17, 15) is 0 Å². The van der Waals surface area contributed by atoms with Gasteiger partial charge in [-0.05, 0) is 66.2 Å². The highest BCUT2D eigenvalue weighted by Gasteiger charge is 2.21. The Morgan fingerprint density at radius 3 is 1.36 bits per heavy atom. The summed E-state index contributed by atoms with van der Waals surface area (Å²) >= 11 is 0. The molecule has 0 amide bonds. The lowest BCUT2D eigenvalue weighted by molar-refractivity contribution is 0.440. The van der Waals surface area contributed by atoms with Gasteiger partial charge >= 0.3 is 0 Å². The van der Waals surface area contributed by atoms with Gasteiger partial charge in [0.05, 0.1) is 0 Å². The molecule has 0 spiro atoms. The van der Waals surface area contributed by atoms with E-state index < -0.39 is 0 Å². The first kappa shape index (κ1) is 16.9. The van der Waals surface area contributed by atoms with Crippen LogP contribution in [0.25, 0.3) is 0 Å². The number of benzene rings is 2. The first-order chi connectivity index (χ1) is 12.4. The molecule has 2 aliphatic carbocycles. The van der Waals surface area contributed by atoms with Gasteiger partial charge in [0.1, 0.15) is 0 Å². The van der Waals surface area contributed by atoms with Crippen molar-refractivity contribution in [3.8, 4) is 0 Å². The smallest absolute Gasteiger partial charge is 0.00201 e. The molecule has 0 aliphatic heterocycles. The molecular weight excluding hydrogens is 300 g/mol. The van der Waals surface area contributed by atoms with Crippen LogP contribution in [0, 0.1) is 0 Å². The zero-order valence-corrected chi connectivity index (χ0v) is 15.6. The highest BCUT2D eigenvalue weighted by molar-refractivity contribution is 5.39. The molecule has 0 radical (unpaired) electrons. The van der Waals surface area contributed by atoms with E-state index in [1.165, 1.54) is 64.2 Å². The van der Waals surface area contributed by atoms with Crippen LogP contribution in [0.2, 0.25) is 0 Å². The van der Waals surface area contributed by atoms with Crippen LogP contribution in [-0.2, 0) is 6.42 Å². The van der Waals surface area contributed by atoms with Crippen LogP contribution in [-0.4, -0.2) is 0 Å². The summed E-state index contributed by atoms with van der Waals surface area (Å²) in [4.78, 5) is 0. The molecule has 2 fully saturated rings. The van der Waals surface area contributed by atoms with Gasteiger partial charge in [-0.25, -0.2) is 0 Å². The van der Waals surface area contributed by atoms with Gasteiger partial charge < -0.3 is 0 Å². The van der Waals surface area contributed by atoms with Crippen LogP contribution < -0.4 is 0 Å². The number of hydrogen-bond donors (Lipinski definition) is 0. The van der Waals surface area contributed by atoms with Gasteiger partial charge in [-0.15, -0.1) is 0 Å². The van der Waals surface area contributed by atoms with Gasteiger partial charge in [0.2, 0.25) is 0 Å². The van der Waals surface area contributed by atoms with Crippen molar-refractivity contribution in [2.75, 3.05) is 0 Å². The van der Waals surface area contributed by atoms with Gasteiger partial charge in [-0.1, -0.05) is 87.1 Å². The zero-order chi connectivity index (χ0) is 16.9. The van der Waals surface area contributed by atoms with Gasteiger partial charge in [-0.2, -0.15) is 0 Å². The summed E-state index contributed by atoms with van der Waals surface area (Å²) in [6.45, 7) is 0. The van der Waals surface area contributed by atoms with Gasteiger partial charge in [0.15, 0.2) is 0 Å². The fourth-order valence-electron chi connectivity index (χ4n) is 5.22. The average Bonchev–Trinajstić information content (AvgIpc) is 2.70. The van der Waals surface area contributed by atoms with Crippen LogP contribution in [0.15, 0.2) is 48.5 Å². The molecule has 25 heavy (non-hydrogen) atoms. The Labute approximate surface area is 153 Å². The molecule has 4 rings (SSSR count). The Balaban J connectivity index is 1.60. The highest BCUT2D eigenvalue weighted by atomic mass is 14.3. The fourth-order valence-corrected chi connectivity index (χ4v) is 5.22. The lowest BCUT2D eigenvalue weighted by atomic mass is 9.78. The minimum Gasteiger partial charge on any atom is -0.0620 e. The lowest BCUT2D eigenvalue weighted by Gasteiger charge is -2.26. The summed E-state index contributed by atoms with van der Waals surface area (Å²) in [5.74, 6) is 1.60. The van der Waals surface area contributed by atoms with Gasteiger partial charge in [0.25, 0.3) is 0 Å². The van der Waals surface area contributed by atoms with E-state index in [0.717, 1.165) is 18.3 Å². The van der Waals surface area contributed by atoms with Crippen LogP contribution in [0.1, 0.15) is 98.3 Å². The van der Waals surface area contributed by atoms with Crippen molar-refractivity contribution in [2.45, 2.75) is 82.5 Å². The van der Waals surface area contributed by atoms with E-state index in [2.05, 4.69) is 48.5 Å². The van der Waals surface area contributed by atoms with Gasteiger partial charge in [0, 0.05) is 0 Å². The average molecular weight is 333 g/mol. The predicted molar refractivity (Wildman–Crippen MR) is 107 cm³/mol. The van der Waals surface area contributed by atoms with Crippen LogP contribution in [0.5, 0.6) is 0 Å². The summed E-state index contributed by atoms with van der Waals surface area (Å²) in [6, 6.07) is 18.6. The van der Waals surface area contributed by atoms with E-state index in [4.69, 9.17) is 0 Å². The number of rotatable bonds is 4. The quantitative estimate of drug-likeness (QED) is 0.548. The molecule has 0 atom stereocenters. The van der Waals surface area contributed by atoms with Crippen molar-refractivity contribution in [3.05, 3.63) is 70.8 Å². The maximum Gasteiger partial charge on any atom is -0.00201 e. The molecule has 2 saturated carbocycles. The molecule has 132 valence electrons. The highest BCUT2D eigenvalue weighted by Crippen LogP contribution is 2.37. The molecular formula is C25H32. The van der Waals surface area contributed by atoms with Crippen molar-refractivity contribution in [1.29, 1.82) is 0 Å². The molecule has 2 aliphatic rings. The Morgan fingerprint density at radius 1 is 0.520 bits per heavy atom. The van der Waals surface area contributed by atoms with Crippen molar-refractivity contribution in [2.24, 2.45) is 0 Å². The molecule has 2 aromatic rings. The van der Waals surface area contributed by atoms with Crippen molar-refractivity contribution in [3.63, 3.8) is 0 Å². The van der Waals surface area contributed by atoms with E-state index in [-0.39, 0.29) is 0 Å². The number of hydrogen-bond acceptors (Lipinski definition) is 0. The predicted octanol–water partition coefficient (Wildman–Crippen LogP) is 7.37. The van der Waals surface area contributed by atoms with Crippen LogP contribution in [0.3, 0.4) is 0 Å². The van der Waals surface area contributed by atoms with E-state index in [0.29, 0.717) is 0 Å². The van der Waals surface area contributed by atoms with E-state index >= 15 is 0 Å². The topological polar surface area (TPSA) is 0 Å². The maximum absolute atomic E-state index is 2.41. The first-order valence-corrected chi connectivity index (χ1v) is 10.6. The third-order valence-electron chi connectivity index (χ3n) is 6.58. The summed E-state index contributed by atoms with van der Waals surface area (Å²) < 4.78 is 0. The Kier molecular flexibility index (Phi) is 5.55. The summed E-state index contributed by atoms with van der Waals surface area (Å²) in [7, 11) is 0. The van der Waals surface area contributed by atoms with Crippen molar-refractivity contribution in [1.82, 2.24) is 0 Å². The fraction of sp³-hybridized carbons (Fsp3) is 0.520. The molecule has 2 aromatic carbocycles. The molecule has 0 aromatic heterocycles. The molecule has 0 heterocycles. The van der Waals surface area contributed by atoms with Crippen LogP contribution in [0.4, 0.5) is 0 Å². The molecule has 0 bridgehead atoms. The van der Waals surface area contributed by atoms with Crippen molar-refractivity contribution < 1.29 is 0 Å². The minimum absolute atomic E-state index is 0.798. The van der Waals surface area contributed by atoms with Crippen molar-refractivity contribution >= 4 is 0 Å². The second-order valence-electron chi connectivity index (χ2n) is 8.24. The third kappa shape index (κ3) is 4.00. The summed E-state index contributed by atoms with van der Waals surface area (Å²) in [6.07, 6.45) is 15.2. The standard InChI is InChI=1S/C25H32/c1-3-11-20(12-4-1)24-17-9-7-15-22(24)19-23-16-8-10-18-25(23)21-13-5-2-6-14-21/h7-10,15-18,20-21H,1-6,11-14,19H2. The van der Waals surface area contributed by atoms with E-state index in [1.54, 1.807) is 22.3 Å². The SMILES string of the molecule is c1ccc(C2CCCCC2)c(Cc2ccccc2C2CCCCC2)c1. The normalized spacial score (nSPS) is 19.8. The molecule has 0 saturated heterocycles. The Bertz CT molecular complexity index is 612. The molecule has 0 nitrogen and oxygen atoms in total. The zero-order valence-electron chi connectivity index (χ0n) is 15.6. The maximum atomic E-state index is 2.41. The Hall–Kier alpha value is -1.56. The molecule has 0 N–H and O–H groups in total. The minimum atomic E-state index is 0.798. The van der Waals surface area contributed by atoms with E-state index in [1.807, 2.05) is 0 Å².